The Morgan fingerprint density at radius 3 is 2.81 bits per heavy atom. The summed E-state index contributed by atoms with van der Waals surface area (Å²) >= 11 is 0. The van der Waals surface area contributed by atoms with Crippen LogP contribution in [0.4, 0.5) is 5.95 Å². The Balaban J connectivity index is 2.19. The maximum atomic E-state index is 11.6. The Kier molecular flexibility index (Phi) is 3.20. The molecule has 1 amide bonds. The Morgan fingerprint density at radius 2 is 2.05 bits per heavy atom. The van der Waals surface area contributed by atoms with Crippen LogP contribution in [-0.4, -0.2) is 32.7 Å². The number of aromatic nitrogens is 4. The number of amides is 1. The van der Waals surface area contributed by atoms with Crippen molar-refractivity contribution in [3.8, 4) is 5.82 Å². The second kappa shape index (κ2) is 5.17. The van der Waals surface area contributed by atoms with Gasteiger partial charge in [-0.05, 0) is 18.2 Å². The molecule has 8 nitrogen and oxygen atoms in total. The fraction of sp³-hybridized carbons (Fsp3) is 0.0769. The van der Waals surface area contributed by atoms with Gasteiger partial charge in [0.15, 0.2) is 11.5 Å². The van der Waals surface area contributed by atoms with Gasteiger partial charge < -0.3 is 5.32 Å². The first kappa shape index (κ1) is 13.0. The normalized spacial score (nSPS) is 10.6. The first-order chi connectivity index (χ1) is 10.2. The third-order valence-electron chi connectivity index (χ3n) is 2.98. The summed E-state index contributed by atoms with van der Waals surface area (Å²) in [5.74, 6) is 5.96. The summed E-state index contributed by atoms with van der Waals surface area (Å²) in [4.78, 5) is 20.2. The molecule has 0 bridgehead atoms. The van der Waals surface area contributed by atoms with Crippen LogP contribution >= 0.6 is 0 Å². The van der Waals surface area contributed by atoms with E-state index in [1.807, 2.05) is 24.3 Å². The summed E-state index contributed by atoms with van der Waals surface area (Å²) in [5, 5.41) is 7.56. The van der Waals surface area contributed by atoms with Gasteiger partial charge in [0, 0.05) is 18.6 Å². The van der Waals surface area contributed by atoms with Crippen LogP contribution in [0.2, 0.25) is 0 Å². The number of nitrogens with one attached hydrogen (secondary N) is 2. The predicted molar refractivity (Wildman–Crippen MR) is 77.9 cm³/mol. The van der Waals surface area contributed by atoms with Crippen LogP contribution in [0.15, 0.2) is 36.5 Å². The second-order valence-electron chi connectivity index (χ2n) is 4.26. The summed E-state index contributed by atoms with van der Waals surface area (Å²) in [7, 11) is 1.55. The number of para-hydroxylation sites is 1. The number of hydrazine groups is 1. The molecule has 0 aliphatic carbocycles. The Labute approximate surface area is 120 Å². The minimum absolute atomic E-state index is 0.260. The molecular formula is C13H13N7O. The number of nitrogen functional groups attached to an aromatic ring is 1. The van der Waals surface area contributed by atoms with Gasteiger partial charge in [0.05, 0.1) is 5.52 Å². The van der Waals surface area contributed by atoms with Crippen LogP contribution in [0.1, 0.15) is 10.5 Å². The van der Waals surface area contributed by atoms with Crippen molar-refractivity contribution in [3.05, 3.63) is 42.2 Å². The number of carbonyl (C=O) groups excluding carboxylic acids is 1. The molecule has 4 N–H and O–H groups in total. The first-order valence-electron chi connectivity index (χ1n) is 6.24. The van der Waals surface area contributed by atoms with Gasteiger partial charge in [-0.15, -0.1) is 0 Å². The number of anilines is 1. The molecule has 0 radical (unpaired) electrons. The molecule has 0 saturated carbocycles. The van der Waals surface area contributed by atoms with Crippen molar-refractivity contribution in [1.82, 2.24) is 25.1 Å². The van der Waals surface area contributed by atoms with Crippen molar-refractivity contribution < 1.29 is 4.79 Å². The van der Waals surface area contributed by atoms with Gasteiger partial charge in [0.25, 0.3) is 5.91 Å². The average Bonchev–Trinajstić information content (AvgIpc) is 3.02. The highest BCUT2D eigenvalue weighted by Gasteiger charge is 2.12. The molecule has 106 valence electrons. The molecule has 0 aliphatic heterocycles. The zero-order valence-electron chi connectivity index (χ0n) is 11.2. The third kappa shape index (κ3) is 2.28. The maximum Gasteiger partial charge on any atom is 0.271 e. The lowest BCUT2D eigenvalue weighted by Crippen LogP contribution is -2.18. The summed E-state index contributed by atoms with van der Waals surface area (Å²) in [6, 6.07) is 9.11. The van der Waals surface area contributed by atoms with Gasteiger partial charge in [0.2, 0.25) is 5.95 Å². The van der Waals surface area contributed by atoms with Crippen molar-refractivity contribution in [2.45, 2.75) is 0 Å². The van der Waals surface area contributed by atoms with E-state index in [2.05, 4.69) is 25.8 Å². The molecular weight excluding hydrogens is 270 g/mol. The number of carbonyl (C=O) groups is 1. The summed E-state index contributed by atoms with van der Waals surface area (Å²) < 4.78 is 1.52. The second-order valence-corrected chi connectivity index (χ2v) is 4.26. The Bertz CT molecular complexity index is 811. The monoisotopic (exact) mass is 283 g/mol. The zero-order valence-corrected chi connectivity index (χ0v) is 11.2. The minimum Gasteiger partial charge on any atom is -0.354 e. The number of hydrogen-bond acceptors (Lipinski definition) is 6. The summed E-state index contributed by atoms with van der Waals surface area (Å²) in [5.41, 5.74) is 3.46. The molecule has 3 aromatic rings. The highest BCUT2D eigenvalue weighted by Crippen LogP contribution is 2.20. The van der Waals surface area contributed by atoms with Crippen molar-refractivity contribution >= 4 is 22.8 Å². The van der Waals surface area contributed by atoms with E-state index in [0.29, 0.717) is 11.5 Å². The number of fused-ring (bicyclic) bond motifs is 1. The minimum atomic E-state index is -0.260. The quantitative estimate of drug-likeness (QED) is 0.476. The number of nitrogens with two attached hydrogens (primary N) is 1. The molecule has 8 heteroatoms. The number of benzene rings is 1. The SMILES string of the molecule is CNC(=O)c1ccn(-c2nc(NN)nc3ccccc23)n1. The molecule has 21 heavy (non-hydrogen) atoms. The Morgan fingerprint density at radius 1 is 1.24 bits per heavy atom. The van der Waals surface area contributed by atoms with Crippen LogP contribution in [0.25, 0.3) is 16.7 Å². The van der Waals surface area contributed by atoms with Gasteiger partial charge in [-0.3, -0.25) is 10.2 Å². The standard InChI is InChI=1S/C13H13N7O/c1-15-12(21)10-6-7-20(19-10)11-8-4-2-3-5-9(8)16-13(17-11)18-14/h2-7H,14H2,1H3,(H,15,21)(H,16,17,18). The van der Waals surface area contributed by atoms with Gasteiger partial charge in [-0.2, -0.15) is 10.1 Å². The number of rotatable bonds is 3. The van der Waals surface area contributed by atoms with Crippen molar-refractivity contribution in [2.75, 3.05) is 12.5 Å². The van der Waals surface area contributed by atoms with Crippen molar-refractivity contribution in [2.24, 2.45) is 5.84 Å². The molecule has 2 heterocycles. The maximum absolute atomic E-state index is 11.6. The molecule has 0 fully saturated rings. The molecule has 2 aromatic heterocycles. The highest BCUT2D eigenvalue weighted by molar-refractivity contribution is 5.92. The molecule has 0 saturated heterocycles. The van der Waals surface area contributed by atoms with E-state index in [4.69, 9.17) is 5.84 Å². The molecule has 3 rings (SSSR count). The number of nitrogens with zero attached hydrogens (tertiary/aromatic N) is 4. The first-order valence-corrected chi connectivity index (χ1v) is 6.24. The van der Waals surface area contributed by atoms with E-state index in [1.54, 1.807) is 19.3 Å². The topological polar surface area (TPSA) is 111 Å². The van der Waals surface area contributed by atoms with Gasteiger partial charge >= 0.3 is 0 Å². The number of hydrogen-bond donors (Lipinski definition) is 3. The van der Waals surface area contributed by atoms with Crippen LogP contribution in [-0.2, 0) is 0 Å². The molecule has 0 atom stereocenters. The van der Waals surface area contributed by atoms with Crippen LogP contribution in [0, 0.1) is 0 Å². The van der Waals surface area contributed by atoms with Crippen LogP contribution < -0.4 is 16.6 Å². The molecule has 0 unspecified atom stereocenters. The lowest BCUT2D eigenvalue weighted by Gasteiger charge is -2.07. The van der Waals surface area contributed by atoms with Crippen molar-refractivity contribution in [1.29, 1.82) is 0 Å². The Hall–Kier alpha value is -3.00. The summed E-state index contributed by atoms with van der Waals surface area (Å²) in [6.45, 7) is 0. The van der Waals surface area contributed by atoms with E-state index in [-0.39, 0.29) is 11.9 Å². The highest BCUT2D eigenvalue weighted by atomic mass is 16.1. The third-order valence-corrected chi connectivity index (χ3v) is 2.98. The van der Waals surface area contributed by atoms with E-state index < -0.39 is 0 Å². The fourth-order valence-corrected chi connectivity index (χ4v) is 1.99. The van der Waals surface area contributed by atoms with E-state index >= 15 is 0 Å². The van der Waals surface area contributed by atoms with Gasteiger partial charge in [-0.1, -0.05) is 12.1 Å². The lowest BCUT2D eigenvalue weighted by atomic mass is 10.2. The van der Waals surface area contributed by atoms with E-state index in [9.17, 15) is 4.79 Å². The van der Waals surface area contributed by atoms with E-state index in [1.165, 1.54) is 4.68 Å². The largest absolute Gasteiger partial charge is 0.354 e. The molecule has 1 aromatic carbocycles. The summed E-state index contributed by atoms with van der Waals surface area (Å²) in [6.07, 6.45) is 1.67. The smallest absolute Gasteiger partial charge is 0.271 e. The van der Waals surface area contributed by atoms with Crippen LogP contribution in [0.3, 0.4) is 0 Å². The lowest BCUT2D eigenvalue weighted by molar-refractivity contribution is 0.0957. The van der Waals surface area contributed by atoms with Crippen LogP contribution in [0.5, 0.6) is 0 Å². The van der Waals surface area contributed by atoms with Gasteiger partial charge in [0.1, 0.15) is 0 Å². The molecule has 0 aliphatic rings. The zero-order chi connectivity index (χ0) is 14.8. The molecule has 0 spiro atoms. The van der Waals surface area contributed by atoms with Crippen molar-refractivity contribution in [3.63, 3.8) is 0 Å². The van der Waals surface area contributed by atoms with E-state index in [0.717, 1.165) is 10.9 Å². The average molecular weight is 283 g/mol. The van der Waals surface area contributed by atoms with Gasteiger partial charge in [-0.25, -0.2) is 15.5 Å². The predicted octanol–water partition coefficient (Wildman–Crippen LogP) is 0.461. The fourth-order valence-electron chi connectivity index (χ4n) is 1.99.